The molecular formula is C14H18O. The molecule has 15 heavy (non-hydrogen) atoms. The topological polar surface area (TPSA) is 9.23 Å². The number of ether oxygens (including phenoxy) is 1. The van der Waals surface area contributed by atoms with Crippen molar-refractivity contribution >= 4 is 0 Å². The number of benzene rings is 1. The molecule has 0 saturated heterocycles. The Balaban J connectivity index is 2.23. The molecule has 1 aliphatic heterocycles. The standard InChI is InChI=1S/C14H18O/c1-14(2,3)10-11-6-7-13-12(9-11)5-4-8-15-13/h4,6-9H,5,10H2,1-3H3. The Bertz CT molecular complexity index is 383. The average molecular weight is 202 g/mol. The van der Waals surface area contributed by atoms with E-state index in [-0.39, 0.29) is 0 Å². The monoisotopic (exact) mass is 202 g/mol. The molecule has 0 radical (unpaired) electrons. The van der Waals surface area contributed by atoms with Gasteiger partial charge in [0.1, 0.15) is 5.75 Å². The van der Waals surface area contributed by atoms with E-state index in [1.807, 2.05) is 0 Å². The fraction of sp³-hybridized carbons (Fsp3) is 0.429. The maximum Gasteiger partial charge on any atom is 0.130 e. The summed E-state index contributed by atoms with van der Waals surface area (Å²) in [6.45, 7) is 6.80. The Kier molecular flexibility index (Phi) is 2.56. The number of fused-ring (bicyclic) bond motifs is 1. The molecule has 80 valence electrons. The molecule has 0 aromatic heterocycles. The van der Waals surface area contributed by atoms with Gasteiger partial charge < -0.3 is 4.74 Å². The van der Waals surface area contributed by atoms with Crippen LogP contribution in [0, 0.1) is 5.41 Å². The predicted molar refractivity (Wildman–Crippen MR) is 63.1 cm³/mol. The molecule has 1 heteroatoms. The molecule has 1 aromatic carbocycles. The fourth-order valence-electron chi connectivity index (χ4n) is 1.93. The summed E-state index contributed by atoms with van der Waals surface area (Å²) in [6, 6.07) is 6.52. The molecule has 1 nitrogen and oxygen atoms in total. The highest BCUT2D eigenvalue weighted by atomic mass is 16.5. The lowest BCUT2D eigenvalue weighted by Gasteiger charge is -2.20. The highest BCUT2D eigenvalue weighted by Gasteiger charge is 2.13. The van der Waals surface area contributed by atoms with Crippen LogP contribution in [-0.4, -0.2) is 0 Å². The van der Waals surface area contributed by atoms with Gasteiger partial charge in [-0.05, 0) is 41.5 Å². The lowest BCUT2D eigenvalue weighted by molar-refractivity contribution is 0.410. The third-order valence-corrected chi connectivity index (χ3v) is 2.49. The molecule has 0 atom stereocenters. The maximum absolute atomic E-state index is 5.43. The first-order chi connectivity index (χ1) is 7.04. The molecule has 0 fully saturated rings. The van der Waals surface area contributed by atoms with Crippen LogP contribution in [-0.2, 0) is 12.8 Å². The number of hydrogen-bond acceptors (Lipinski definition) is 1. The molecule has 0 spiro atoms. The van der Waals surface area contributed by atoms with Crippen LogP contribution < -0.4 is 4.74 Å². The highest BCUT2D eigenvalue weighted by Crippen LogP contribution is 2.27. The van der Waals surface area contributed by atoms with E-state index in [1.54, 1.807) is 6.26 Å². The lowest BCUT2D eigenvalue weighted by Crippen LogP contribution is -2.09. The van der Waals surface area contributed by atoms with Gasteiger partial charge in [0.15, 0.2) is 0 Å². The summed E-state index contributed by atoms with van der Waals surface area (Å²) in [5, 5.41) is 0. The van der Waals surface area contributed by atoms with Crippen molar-refractivity contribution in [2.75, 3.05) is 0 Å². The molecule has 0 amide bonds. The third kappa shape index (κ3) is 2.62. The van der Waals surface area contributed by atoms with Crippen molar-refractivity contribution in [1.29, 1.82) is 0 Å². The van der Waals surface area contributed by atoms with Crippen LogP contribution in [0.2, 0.25) is 0 Å². The molecule has 0 saturated carbocycles. The summed E-state index contributed by atoms with van der Waals surface area (Å²) < 4.78 is 5.43. The van der Waals surface area contributed by atoms with Crippen molar-refractivity contribution in [2.45, 2.75) is 33.6 Å². The Hall–Kier alpha value is -1.24. The predicted octanol–water partition coefficient (Wildman–Crippen LogP) is 3.72. The smallest absolute Gasteiger partial charge is 0.130 e. The van der Waals surface area contributed by atoms with Gasteiger partial charge in [-0.15, -0.1) is 0 Å². The Morgan fingerprint density at radius 2 is 2.07 bits per heavy atom. The van der Waals surface area contributed by atoms with Gasteiger partial charge in [0.2, 0.25) is 0 Å². The van der Waals surface area contributed by atoms with Crippen molar-refractivity contribution in [3.05, 3.63) is 41.7 Å². The summed E-state index contributed by atoms with van der Waals surface area (Å²) in [4.78, 5) is 0. The van der Waals surface area contributed by atoms with Gasteiger partial charge in [0.05, 0.1) is 6.26 Å². The largest absolute Gasteiger partial charge is 0.465 e. The minimum Gasteiger partial charge on any atom is -0.465 e. The van der Waals surface area contributed by atoms with Crippen molar-refractivity contribution in [1.82, 2.24) is 0 Å². The van der Waals surface area contributed by atoms with Crippen LogP contribution in [0.25, 0.3) is 0 Å². The van der Waals surface area contributed by atoms with Gasteiger partial charge in [-0.3, -0.25) is 0 Å². The molecule has 1 aliphatic rings. The highest BCUT2D eigenvalue weighted by molar-refractivity contribution is 5.40. The minimum absolute atomic E-state index is 0.347. The number of allylic oxidation sites excluding steroid dienone is 1. The van der Waals surface area contributed by atoms with Crippen LogP contribution in [0.3, 0.4) is 0 Å². The second kappa shape index (κ2) is 3.73. The summed E-state index contributed by atoms with van der Waals surface area (Å²) in [5.74, 6) is 1.01. The first-order valence-electron chi connectivity index (χ1n) is 5.48. The minimum atomic E-state index is 0.347. The zero-order valence-electron chi connectivity index (χ0n) is 9.71. The van der Waals surface area contributed by atoms with Crippen LogP contribution in [0.15, 0.2) is 30.5 Å². The van der Waals surface area contributed by atoms with Gasteiger partial charge in [-0.2, -0.15) is 0 Å². The first kappa shape index (κ1) is 10.3. The Morgan fingerprint density at radius 3 is 2.80 bits per heavy atom. The molecule has 0 unspecified atom stereocenters. The van der Waals surface area contributed by atoms with Crippen LogP contribution >= 0.6 is 0 Å². The van der Waals surface area contributed by atoms with E-state index in [2.05, 4.69) is 45.0 Å². The van der Waals surface area contributed by atoms with Crippen LogP contribution in [0.4, 0.5) is 0 Å². The van der Waals surface area contributed by atoms with E-state index >= 15 is 0 Å². The molecule has 0 aliphatic carbocycles. The number of rotatable bonds is 1. The average Bonchev–Trinajstić information content (AvgIpc) is 2.15. The van der Waals surface area contributed by atoms with E-state index in [9.17, 15) is 0 Å². The summed E-state index contributed by atoms with van der Waals surface area (Å²) in [6.07, 6.45) is 5.94. The first-order valence-corrected chi connectivity index (χ1v) is 5.48. The normalized spacial score (nSPS) is 14.6. The van der Waals surface area contributed by atoms with Crippen molar-refractivity contribution in [2.24, 2.45) is 5.41 Å². The third-order valence-electron chi connectivity index (χ3n) is 2.49. The van der Waals surface area contributed by atoms with E-state index in [1.165, 1.54) is 11.1 Å². The number of hydrogen-bond donors (Lipinski definition) is 0. The quantitative estimate of drug-likeness (QED) is 0.674. The van der Waals surface area contributed by atoms with Crippen molar-refractivity contribution in [3.8, 4) is 5.75 Å². The van der Waals surface area contributed by atoms with Gasteiger partial charge in [-0.25, -0.2) is 0 Å². The van der Waals surface area contributed by atoms with Gasteiger partial charge in [0.25, 0.3) is 0 Å². The second-order valence-electron chi connectivity index (χ2n) is 5.37. The maximum atomic E-state index is 5.43. The second-order valence-corrected chi connectivity index (χ2v) is 5.37. The van der Waals surface area contributed by atoms with E-state index < -0.39 is 0 Å². The summed E-state index contributed by atoms with van der Waals surface area (Å²) >= 11 is 0. The molecule has 1 aromatic rings. The molecule has 0 bridgehead atoms. The Morgan fingerprint density at radius 1 is 1.27 bits per heavy atom. The van der Waals surface area contributed by atoms with Gasteiger partial charge in [0, 0.05) is 0 Å². The Labute approximate surface area is 91.8 Å². The van der Waals surface area contributed by atoms with E-state index in [0.29, 0.717) is 5.41 Å². The van der Waals surface area contributed by atoms with Gasteiger partial charge in [-0.1, -0.05) is 32.9 Å². The van der Waals surface area contributed by atoms with Gasteiger partial charge >= 0.3 is 0 Å². The summed E-state index contributed by atoms with van der Waals surface area (Å²) in [5.41, 5.74) is 3.05. The molecule has 2 rings (SSSR count). The SMILES string of the molecule is CC(C)(C)Cc1ccc2c(c1)CC=CO2. The zero-order valence-corrected chi connectivity index (χ0v) is 9.71. The molecule has 1 heterocycles. The fourth-order valence-corrected chi connectivity index (χ4v) is 1.93. The summed E-state index contributed by atoms with van der Waals surface area (Å²) in [7, 11) is 0. The molecule has 0 N–H and O–H groups in total. The van der Waals surface area contributed by atoms with Crippen molar-refractivity contribution in [3.63, 3.8) is 0 Å². The van der Waals surface area contributed by atoms with E-state index in [4.69, 9.17) is 4.74 Å². The van der Waals surface area contributed by atoms with Crippen molar-refractivity contribution < 1.29 is 4.74 Å². The molecular weight excluding hydrogens is 184 g/mol. The van der Waals surface area contributed by atoms with Crippen LogP contribution in [0.5, 0.6) is 5.75 Å². The lowest BCUT2D eigenvalue weighted by atomic mass is 9.87. The van der Waals surface area contributed by atoms with Crippen LogP contribution in [0.1, 0.15) is 31.9 Å². The van der Waals surface area contributed by atoms with E-state index in [0.717, 1.165) is 18.6 Å². The zero-order chi connectivity index (χ0) is 10.9.